The Kier molecular flexibility index (Phi) is 59.0. The zero-order valence-electron chi connectivity index (χ0n) is 47.5. The largest absolute Gasteiger partial charge is 0.466 e. The van der Waals surface area contributed by atoms with Crippen molar-refractivity contribution in [2.75, 3.05) is 13.2 Å². The fourth-order valence-corrected chi connectivity index (χ4v) is 10.2. The first-order valence-corrected chi connectivity index (χ1v) is 31.9. The average Bonchev–Trinajstić information content (AvgIpc) is 3.36. The van der Waals surface area contributed by atoms with E-state index in [1.807, 2.05) is 0 Å². The second-order valence-corrected chi connectivity index (χ2v) is 22.1. The molecule has 3 N–H and O–H groups in total. The molecule has 0 bridgehead atoms. The van der Waals surface area contributed by atoms with Crippen LogP contribution in [0.5, 0.6) is 0 Å². The molecule has 0 fully saturated rings. The number of esters is 1. The lowest BCUT2D eigenvalue weighted by atomic mass is 10.0. The highest BCUT2D eigenvalue weighted by Gasteiger charge is 2.20. The highest BCUT2D eigenvalue weighted by molar-refractivity contribution is 5.76. The van der Waals surface area contributed by atoms with Crippen LogP contribution in [0.2, 0.25) is 0 Å². The van der Waals surface area contributed by atoms with Gasteiger partial charge in [0.2, 0.25) is 5.91 Å². The predicted octanol–water partition coefficient (Wildman–Crippen LogP) is 20.0. The highest BCUT2D eigenvalue weighted by Crippen LogP contribution is 2.18. The van der Waals surface area contributed by atoms with Crippen LogP contribution in [0.25, 0.3) is 0 Å². The molecule has 2 atom stereocenters. The van der Waals surface area contributed by atoms with Crippen LogP contribution in [0.3, 0.4) is 0 Å². The summed E-state index contributed by atoms with van der Waals surface area (Å²) in [6.07, 6.45) is 72.2. The number of aliphatic hydroxyl groups is 2. The minimum atomic E-state index is -0.670. The summed E-state index contributed by atoms with van der Waals surface area (Å²) in [6.45, 7) is 4.97. The molecule has 0 aromatic carbocycles. The van der Waals surface area contributed by atoms with E-state index in [9.17, 15) is 19.8 Å². The van der Waals surface area contributed by atoms with Gasteiger partial charge in [0, 0.05) is 12.8 Å². The molecule has 6 heteroatoms. The van der Waals surface area contributed by atoms with Gasteiger partial charge in [0.15, 0.2) is 0 Å². The zero-order chi connectivity index (χ0) is 50.7. The number of carbonyl (C=O) groups is 2. The zero-order valence-corrected chi connectivity index (χ0v) is 47.5. The lowest BCUT2D eigenvalue weighted by molar-refractivity contribution is -0.143. The molecule has 0 spiro atoms. The van der Waals surface area contributed by atoms with Gasteiger partial charge in [-0.3, -0.25) is 9.59 Å². The van der Waals surface area contributed by atoms with Gasteiger partial charge in [0.1, 0.15) is 0 Å². The number of amides is 1. The molecule has 1 amide bonds. The quantitative estimate of drug-likeness (QED) is 0.0321. The number of hydrogen-bond donors (Lipinski definition) is 3. The van der Waals surface area contributed by atoms with Gasteiger partial charge in [-0.05, 0) is 51.4 Å². The van der Waals surface area contributed by atoms with Gasteiger partial charge in [-0.1, -0.05) is 309 Å². The van der Waals surface area contributed by atoms with Gasteiger partial charge in [-0.2, -0.15) is 0 Å². The van der Waals surface area contributed by atoms with Gasteiger partial charge in [-0.25, -0.2) is 0 Å². The fraction of sp³-hybridized carbons (Fsp3) is 0.938. The normalized spacial score (nSPS) is 12.6. The van der Waals surface area contributed by atoms with Gasteiger partial charge in [0.25, 0.3) is 0 Å². The highest BCUT2D eigenvalue weighted by atomic mass is 16.5. The topological polar surface area (TPSA) is 95.9 Å². The number of rotatable bonds is 60. The molecule has 6 nitrogen and oxygen atoms in total. The number of aliphatic hydroxyl groups excluding tert-OH is 2. The number of allylic oxidation sites excluding steroid dienone is 2. The molecule has 0 aromatic heterocycles. The van der Waals surface area contributed by atoms with E-state index >= 15 is 0 Å². The third kappa shape index (κ3) is 55.9. The summed E-state index contributed by atoms with van der Waals surface area (Å²) < 4.78 is 5.50. The van der Waals surface area contributed by atoms with E-state index in [-0.39, 0.29) is 18.5 Å². The van der Waals surface area contributed by atoms with Crippen molar-refractivity contribution in [3.05, 3.63) is 12.2 Å². The van der Waals surface area contributed by atoms with Crippen molar-refractivity contribution in [3.63, 3.8) is 0 Å². The molecular weight excluding hydrogens is 863 g/mol. The van der Waals surface area contributed by atoms with Gasteiger partial charge in [0.05, 0.1) is 25.4 Å². The number of nitrogens with one attached hydrogen (secondary N) is 1. The summed E-state index contributed by atoms with van der Waals surface area (Å²) in [5.74, 6) is -0.0324. The lowest BCUT2D eigenvalue weighted by Gasteiger charge is -2.22. The van der Waals surface area contributed by atoms with Crippen LogP contribution >= 0.6 is 0 Å². The van der Waals surface area contributed by atoms with Crippen LogP contribution in [-0.4, -0.2) is 47.4 Å². The summed E-state index contributed by atoms with van der Waals surface area (Å²) in [4.78, 5) is 24.6. The van der Waals surface area contributed by atoms with E-state index in [0.717, 1.165) is 38.5 Å². The first kappa shape index (κ1) is 68.6. The smallest absolute Gasteiger partial charge is 0.305 e. The summed E-state index contributed by atoms with van der Waals surface area (Å²) in [6, 6.07) is -0.548. The standard InChI is InChI=1S/C64H125NO5/c1-3-5-7-9-11-13-15-17-19-20-22-26-30-34-38-42-46-50-54-58-64(69)70-59-55-51-47-43-39-35-31-27-24-21-23-25-29-33-37-41-45-49-53-57-63(68)65-61(60-66)62(67)56-52-48-44-40-36-32-28-18-16-14-12-10-8-6-4-2/h21,23,61-62,66-67H,3-20,22,24-60H2,1-2H3,(H,65,68)/b23-21-. The molecule has 0 aliphatic rings. The Morgan fingerprint density at radius 3 is 1.01 bits per heavy atom. The molecule has 0 rings (SSSR count). The molecule has 0 aliphatic heterocycles. The van der Waals surface area contributed by atoms with Crippen LogP contribution in [0.4, 0.5) is 0 Å². The van der Waals surface area contributed by atoms with E-state index in [0.29, 0.717) is 25.9 Å². The van der Waals surface area contributed by atoms with E-state index in [1.165, 1.54) is 289 Å². The van der Waals surface area contributed by atoms with Gasteiger partial charge >= 0.3 is 5.97 Å². The third-order valence-corrected chi connectivity index (χ3v) is 15.1. The predicted molar refractivity (Wildman–Crippen MR) is 306 cm³/mol. The van der Waals surface area contributed by atoms with E-state index in [2.05, 4.69) is 31.3 Å². The van der Waals surface area contributed by atoms with Crippen molar-refractivity contribution in [1.82, 2.24) is 5.32 Å². The molecule has 0 aliphatic carbocycles. The first-order valence-electron chi connectivity index (χ1n) is 31.9. The number of carbonyl (C=O) groups excluding carboxylic acids is 2. The maximum atomic E-state index is 12.5. The Bertz CT molecular complexity index is 1050. The Hall–Kier alpha value is -1.40. The van der Waals surface area contributed by atoms with Crippen LogP contribution in [0, 0.1) is 0 Å². The van der Waals surface area contributed by atoms with Crippen LogP contribution in [0.15, 0.2) is 12.2 Å². The Morgan fingerprint density at radius 2 is 0.671 bits per heavy atom. The van der Waals surface area contributed by atoms with Gasteiger partial charge < -0.3 is 20.3 Å². The summed E-state index contributed by atoms with van der Waals surface area (Å²) >= 11 is 0. The van der Waals surface area contributed by atoms with Crippen molar-refractivity contribution in [2.45, 2.75) is 373 Å². The molecule has 0 aromatic rings. The Labute approximate surface area is 438 Å². The second-order valence-electron chi connectivity index (χ2n) is 22.1. The Balaban J connectivity index is 3.40. The maximum absolute atomic E-state index is 12.5. The molecule has 0 heterocycles. The second kappa shape index (κ2) is 60.2. The third-order valence-electron chi connectivity index (χ3n) is 15.1. The van der Waals surface area contributed by atoms with Crippen LogP contribution in [-0.2, 0) is 14.3 Å². The minimum Gasteiger partial charge on any atom is -0.466 e. The monoisotopic (exact) mass is 988 g/mol. The molecule has 70 heavy (non-hydrogen) atoms. The molecular formula is C64H125NO5. The minimum absolute atomic E-state index is 0.00959. The molecule has 0 saturated heterocycles. The molecule has 416 valence electrons. The van der Waals surface area contributed by atoms with E-state index in [1.54, 1.807) is 0 Å². The van der Waals surface area contributed by atoms with E-state index < -0.39 is 12.1 Å². The van der Waals surface area contributed by atoms with Crippen molar-refractivity contribution >= 4 is 11.9 Å². The number of ether oxygens (including phenoxy) is 1. The summed E-state index contributed by atoms with van der Waals surface area (Å²) in [7, 11) is 0. The Morgan fingerprint density at radius 1 is 0.386 bits per heavy atom. The lowest BCUT2D eigenvalue weighted by Crippen LogP contribution is -2.45. The molecule has 2 unspecified atom stereocenters. The van der Waals surface area contributed by atoms with Gasteiger partial charge in [-0.15, -0.1) is 0 Å². The molecule has 0 saturated carbocycles. The van der Waals surface area contributed by atoms with Crippen molar-refractivity contribution in [2.24, 2.45) is 0 Å². The average molecular weight is 989 g/mol. The number of hydrogen-bond acceptors (Lipinski definition) is 5. The first-order chi connectivity index (χ1) is 34.5. The van der Waals surface area contributed by atoms with Crippen molar-refractivity contribution < 1.29 is 24.5 Å². The van der Waals surface area contributed by atoms with Crippen LogP contribution in [0.1, 0.15) is 361 Å². The van der Waals surface area contributed by atoms with Crippen molar-refractivity contribution in [3.8, 4) is 0 Å². The van der Waals surface area contributed by atoms with E-state index in [4.69, 9.17) is 4.74 Å². The summed E-state index contributed by atoms with van der Waals surface area (Å²) in [5.41, 5.74) is 0. The maximum Gasteiger partial charge on any atom is 0.305 e. The number of unbranched alkanes of at least 4 members (excludes halogenated alkanes) is 47. The summed E-state index contributed by atoms with van der Waals surface area (Å²) in [5, 5.41) is 23.3. The van der Waals surface area contributed by atoms with Crippen molar-refractivity contribution in [1.29, 1.82) is 0 Å². The SMILES string of the molecule is CCCCCCCCCCCCCCCCCCCCCC(=O)OCCCCCCCCCC/C=C\CCCCCCCCCC(=O)NC(CO)C(O)CCCCCCCCCCCCCCCCC. The molecule has 0 radical (unpaired) electrons. The van der Waals surface area contributed by atoms with Crippen LogP contribution < -0.4 is 5.32 Å². The fourth-order valence-electron chi connectivity index (χ4n) is 10.2.